The molecule has 2 atom stereocenters. The summed E-state index contributed by atoms with van der Waals surface area (Å²) in [5, 5.41) is 5.45. The molecule has 0 saturated carbocycles. The van der Waals surface area contributed by atoms with Gasteiger partial charge in [0.05, 0.1) is 12.7 Å². The highest BCUT2D eigenvalue weighted by atomic mass is 32.1. The summed E-state index contributed by atoms with van der Waals surface area (Å²) < 4.78 is 10.8. The van der Waals surface area contributed by atoms with Crippen LogP contribution in [-0.4, -0.2) is 30.8 Å². The van der Waals surface area contributed by atoms with E-state index in [0.717, 1.165) is 0 Å². The first-order valence-electron chi connectivity index (χ1n) is 6.72. The Hall–Kier alpha value is -0.910. The van der Waals surface area contributed by atoms with E-state index < -0.39 is 5.54 Å². The molecule has 1 saturated heterocycles. The fourth-order valence-corrected chi connectivity index (χ4v) is 3.09. The number of carbonyl (C=O) groups is 1. The monoisotopic (exact) mass is 283 g/mol. The van der Waals surface area contributed by atoms with E-state index in [1.54, 1.807) is 11.3 Å². The van der Waals surface area contributed by atoms with E-state index >= 15 is 0 Å². The van der Waals surface area contributed by atoms with E-state index in [0.29, 0.717) is 32.6 Å². The van der Waals surface area contributed by atoms with Crippen LogP contribution in [0.25, 0.3) is 0 Å². The molecule has 4 nitrogen and oxygen atoms in total. The molecule has 0 spiro atoms. The van der Waals surface area contributed by atoms with E-state index in [1.807, 2.05) is 25.3 Å². The molecule has 1 aliphatic heterocycles. The lowest BCUT2D eigenvalue weighted by Crippen LogP contribution is -2.57. The first kappa shape index (κ1) is 14.5. The van der Waals surface area contributed by atoms with Gasteiger partial charge in [-0.3, -0.25) is 10.1 Å². The van der Waals surface area contributed by atoms with Crippen molar-refractivity contribution >= 4 is 17.3 Å². The van der Waals surface area contributed by atoms with Crippen molar-refractivity contribution in [3.05, 3.63) is 22.4 Å². The third-order valence-corrected chi connectivity index (χ3v) is 4.29. The molecular formula is C14H21NO3S. The summed E-state index contributed by atoms with van der Waals surface area (Å²) in [6, 6.07) is 4.09. The van der Waals surface area contributed by atoms with Crippen molar-refractivity contribution in [2.24, 2.45) is 0 Å². The maximum atomic E-state index is 12.3. The molecule has 1 aliphatic rings. The Labute approximate surface area is 118 Å². The summed E-state index contributed by atoms with van der Waals surface area (Å²) in [7, 11) is 0. The van der Waals surface area contributed by atoms with Gasteiger partial charge in [-0.2, -0.15) is 0 Å². The van der Waals surface area contributed by atoms with Crippen LogP contribution in [-0.2, 0) is 20.8 Å². The normalized spacial score (nSPS) is 27.2. The molecule has 19 heavy (non-hydrogen) atoms. The zero-order chi connectivity index (χ0) is 13.7. The van der Waals surface area contributed by atoms with Crippen molar-refractivity contribution in [1.29, 1.82) is 0 Å². The number of nitrogens with one attached hydrogen (secondary N) is 1. The van der Waals surface area contributed by atoms with Crippen LogP contribution in [0.2, 0.25) is 0 Å². The van der Waals surface area contributed by atoms with Crippen LogP contribution in [0.1, 0.15) is 31.6 Å². The number of thiophene rings is 1. The second-order valence-electron chi connectivity index (χ2n) is 4.87. The Bertz CT molecular complexity index is 407. The third kappa shape index (κ3) is 3.55. The number of carbonyl (C=O) groups excluding carboxylic acids is 1. The molecule has 0 aliphatic carbocycles. The highest BCUT2D eigenvalue weighted by molar-refractivity contribution is 7.09. The van der Waals surface area contributed by atoms with Gasteiger partial charge in [0.2, 0.25) is 0 Å². The van der Waals surface area contributed by atoms with Crippen molar-refractivity contribution in [3.8, 4) is 0 Å². The van der Waals surface area contributed by atoms with Gasteiger partial charge in [0.25, 0.3) is 0 Å². The molecular weight excluding hydrogens is 262 g/mol. The van der Waals surface area contributed by atoms with E-state index in [9.17, 15) is 4.79 Å². The lowest BCUT2D eigenvalue weighted by Gasteiger charge is -2.38. The number of hydrogen-bond acceptors (Lipinski definition) is 5. The first-order valence-corrected chi connectivity index (χ1v) is 7.60. The van der Waals surface area contributed by atoms with E-state index in [4.69, 9.17) is 9.47 Å². The SMILES string of the molecule is CCOC(=O)C1(NCc2cccs2)CCOC(C)C1. The second-order valence-corrected chi connectivity index (χ2v) is 5.90. The van der Waals surface area contributed by atoms with Crippen LogP contribution in [0.5, 0.6) is 0 Å². The molecule has 106 valence electrons. The van der Waals surface area contributed by atoms with Gasteiger partial charge in [0.1, 0.15) is 5.54 Å². The Morgan fingerprint density at radius 1 is 1.68 bits per heavy atom. The van der Waals surface area contributed by atoms with E-state index in [-0.39, 0.29) is 12.1 Å². The second kappa shape index (κ2) is 6.50. The molecule has 0 radical (unpaired) electrons. The van der Waals surface area contributed by atoms with Gasteiger partial charge in [-0.05, 0) is 31.7 Å². The van der Waals surface area contributed by atoms with Crippen molar-refractivity contribution in [1.82, 2.24) is 5.32 Å². The molecule has 0 amide bonds. The van der Waals surface area contributed by atoms with Crippen LogP contribution in [0.15, 0.2) is 17.5 Å². The van der Waals surface area contributed by atoms with Gasteiger partial charge in [0.15, 0.2) is 0 Å². The molecule has 2 rings (SSSR count). The summed E-state index contributed by atoms with van der Waals surface area (Å²) in [5.41, 5.74) is -0.600. The lowest BCUT2D eigenvalue weighted by molar-refractivity contribution is -0.158. The number of rotatable bonds is 5. The molecule has 5 heteroatoms. The number of esters is 1. The van der Waals surface area contributed by atoms with Gasteiger partial charge in [0, 0.05) is 24.4 Å². The average Bonchev–Trinajstić information content (AvgIpc) is 2.90. The standard InChI is InChI=1S/C14H21NO3S/c1-3-17-13(16)14(6-7-18-11(2)9-14)15-10-12-5-4-8-19-12/h4-5,8,11,15H,3,6-7,9-10H2,1-2H3. The molecule has 2 heterocycles. The Morgan fingerprint density at radius 2 is 2.53 bits per heavy atom. The van der Waals surface area contributed by atoms with Crippen LogP contribution >= 0.6 is 11.3 Å². The summed E-state index contributed by atoms with van der Waals surface area (Å²) in [6.45, 7) is 5.55. The topological polar surface area (TPSA) is 47.6 Å². The van der Waals surface area contributed by atoms with Gasteiger partial charge >= 0.3 is 5.97 Å². The average molecular weight is 283 g/mol. The van der Waals surface area contributed by atoms with Gasteiger partial charge < -0.3 is 9.47 Å². The molecule has 1 aromatic heterocycles. The minimum atomic E-state index is -0.600. The van der Waals surface area contributed by atoms with Crippen molar-refractivity contribution in [3.63, 3.8) is 0 Å². The smallest absolute Gasteiger partial charge is 0.326 e. The first-order chi connectivity index (χ1) is 9.16. The molecule has 1 N–H and O–H groups in total. The number of hydrogen-bond donors (Lipinski definition) is 1. The fourth-order valence-electron chi connectivity index (χ4n) is 2.44. The molecule has 2 unspecified atom stereocenters. The predicted octanol–water partition coefficient (Wildman–Crippen LogP) is 2.34. The highest BCUT2D eigenvalue weighted by Gasteiger charge is 2.43. The van der Waals surface area contributed by atoms with E-state index in [1.165, 1.54) is 4.88 Å². The van der Waals surface area contributed by atoms with Crippen LogP contribution in [0.4, 0.5) is 0 Å². The van der Waals surface area contributed by atoms with Crippen molar-refractivity contribution in [2.45, 2.75) is 44.9 Å². The zero-order valence-electron chi connectivity index (χ0n) is 11.5. The Morgan fingerprint density at radius 3 is 3.16 bits per heavy atom. The van der Waals surface area contributed by atoms with Crippen molar-refractivity contribution < 1.29 is 14.3 Å². The maximum Gasteiger partial charge on any atom is 0.326 e. The minimum absolute atomic E-state index is 0.0778. The lowest BCUT2D eigenvalue weighted by atomic mass is 9.87. The van der Waals surface area contributed by atoms with Crippen LogP contribution in [0.3, 0.4) is 0 Å². The third-order valence-electron chi connectivity index (χ3n) is 3.41. The summed E-state index contributed by atoms with van der Waals surface area (Å²) in [5.74, 6) is -0.151. The van der Waals surface area contributed by atoms with Crippen LogP contribution < -0.4 is 5.32 Å². The largest absolute Gasteiger partial charge is 0.465 e. The maximum absolute atomic E-state index is 12.3. The molecule has 1 aromatic rings. The Kier molecular flexibility index (Phi) is 4.96. The molecule has 0 bridgehead atoms. The summed E-state index contributed by atoms with van der Waals surface area (Å²) in [4.78, 5) is 13.5. The fraction of sp³-hybridized carbons (Fsp3) is 0.643. The molecule has 0 aromatic carbocycles. The Balaban J connectivity index is 2.06. The number of ether oxygens (including phenoxy) is 2. The van der Waals surface area contributed by atoms with Crippen molar-refractivity contribution in [2.75, 3.05) is 13.2 Å². The van der Waals surface area contributed by atoms with Gasteiger partial charge in [-0.1, -0.05) is 6.07 Å². The summed E-state index contributed by atoms with van der Waals surface area (Å²) >= 11 is 1.69. The van der Waals surface area contributed by atoms with Gasteiger partial charge in [-0.15, -0.1) is 11.3 Å². The van der Waals surface area contributed by atoms with Gasteiger partial charge in [-0.25, -0.2) is 0 Å². The summed E-state index contributed by atoms with van der Waals surface area (Å²) in [6.07, 6.45) is 1.41. The quantitative estimate of drug-likeness (QED) is 0.843. The van der Waals surface area contributed by atoms with Crippen LogP contribution in [0, 0.1) is 0 Å². The van der Waals surface area contributed by atoms with E-state index in [2.05, 4.69) is 11.4 Å². The zero-order valence-corrected chi connectivity index (χ0v) is 12.3. The molecule has 1 fully saturated rings. The predicted molar refractivity (Wildman–Crippen MR) is 75.2 cm³/mol. The minimum Gasteiger partial charge on any atom is -0.465 e. The highest BCUT2D eigenvalue weighted by Crippen LogP contribution is 2.27.